The minimum atomic E-state index is -0.853. The number of amides is 1. The maximum atomic E-state index is 12.0. The third kappa shape index (κ3) is 34.9. The van der Waals surface area contributed by atoms with Crippen LogP contribution in [0.4, 0.5) is 0 Å². The molecule has 0 aromatic carbocycles. The van der Waals surface area contributed by atoms with Crippen LogP contribution in [0.3, 0.4) is 0 Å². The number of carbonyl (C=O) groups is 2. The Hall–Kier alpha value is -1.62. The highest BCUT2D eigenvalue weighted by Crippen LogP contribution is 2.14. The molecular formula is C39H73NO4. The van der Waals surface area contributed by atoms with E-state index < -0.39 is 6.10 Å². The number of nitrogens with one attached hydrogen (secondary N) is 1. The van der Waals surface area contributed by atoms with E-state index in [0.29, 0.717) is 12.8 Å². The van der Waals surface area contributed by atoms with Crippen molar-refractivity contribution < 1.29 is 19.4 Å². The number of aliphatic hydroxyl groups is 1. The fourth-order valence-electron chi connectivity index (χ4n) is 5.38. The molecule has 5 heteroatoms. The minimum Gasteiger partial charge on any atom is -0.463 e. The van der Waals surface area contributed by atoms with Gasteiger partial charge in [0.15, 0.2) is 0 Å². The molecule has 2 N–H and O–H groups in total. The number of hydrogen-bond acceptors (Lipinski definition) is 4. The molecule has 0 aliphatic rings. The van der Waals surface area contributed by atoms with Crippen molar-refractivity contribution in [2.45, 2.75) is 200 Å². The first kappa shape index (κ1) is 42.4. The van der Waals surface area contributed by atoms with Gasteiger partial charge in [0.05, 0.1) is 0 Å². The highest BCUT2D eigenvalue weighted by atomic mass is 16.5. The van der Waals surface area contributed by atoms with Crippen molar-refractivity contribution in [1.29, 1.82) is 0 Å². The van der Waals surface area contributed by atoms with E-state index in [0.717, 1.165) is 44.9 Å². The van der Waals surface area contributed by atoms with Crippen molar-refractivity contribution >= 4 is 11.9 Å². The van der Waals surface area contributed by atoms with Gasteiger partial charge in [-0.2, -0.15) is 0 Å². The van der Waals surface area contributed by atoms with Gasteiger partial charge in [-0.1, -0.05) is 160 Å². The lowest BCUT2D eigenvalue weighted by Crippen LogP contribution is -2.35. The average Bonchev–Trinajstić information content (AvgIpc) is 3.02. The van der Waals surface area contributed by atoms with Gasteiger partial charge in [-0.05, 0) is 44.9 Å². The van der Waals surface area contributed by atoms with Gasteiger partial charge in [0.25, 0.3) is 0 Å². The molecule has 0 saturated heterocycles. The summed E-state index contributed by atoms with van der Waals surface area (Å²) in [6.07, 6.45) is 41.4. The van der Waals surface area contributed by atoms with Gasteiger partial charge in [0.2, 0.25) is 5.91 Å². The lowest BCUT2D eigenvalue weighted by molar-refractivity contribution is -0.146. The molecule has 0 spiro atoms. The predicted molar refractivity (Wildman–Crippen MR) is 189 cm³/mol. The fraction of sp³-hybridized carbons (Fsp3) is 0.846. The molecule has 5 nitrogen and oxygen atoms in total. The van der Waals surface area contributed by atoms with Gasteiger partial charge >= 0.3 is 5.97 Å². The molecule has 0 rings (SSSR count). The SMILES string of the molecule is CCCCC/C=C\C/C=C\CCCCCCCC(=O)NCC(O)COC(=O)CCCCCCCCCCCCCCCCC. The molecule has 0 saturated carbocycles. The monoisotopic (exact) mass is 620 g/mol. The Morgan fingerprint density at radius 2 is 0.977 bits per heavy atom. The number of hydrogen-bond donors (Lipinski definition) is 2. The normalized spacial score (nSPS) is 12.3. The zero-order valence-corrected chi connectivity index (χ0v) is 29.3. The average molecular weight is 620 g/mol. The minimum absolute atomic E-state index is 0.0427. The molecule has 0 aliphatic carbocycles. The van der Waals surface area contributed by atoms with E-state index in [1.54, 1.807) is 0 Å². The second-order valence-electron chi connectivity index (χ2n) is 12.8. The van der Waals surface area contributed by atoms with Crippen LogP contribution in [0.1, 0.15) is 194 Å². The van der Waals surface area contributed by atoms with E-state index in [1.807, 2.05) is 0 Å². The second-order valence-corrected chi connectivity index (χ2v) is 12.8. The summed E-state index contributed by atoms with van der Waals surface area (Å²) in [6, 6.07) is 0. The molecular weight excluding hydrogens is 546 g/mol. The highest BCUT2D eigenvalue weighted by Gasteiger charge is 2.10. The summed E-state index contributed by atoms with van der Waals surface area (Å²) in [4.78, 5) is 24.0. The highest BCUT2D eigenvalue weighted by molar-refractivity contribution is 5.75. The largest absolute Gasteiger partial charge is 0.463 e. The van der Waals surface area contributed by atoms with E-state index in [9.17, 15) is 14.7 Å². The van der Waals surface area contributed by atoms with Gasteiger partial charge in [-0.3, -0.25) is 9.59 Å². The van der Waals surface area contributed by atoms with Crippen LogP contribution in [0.2, 0.25) is 0 Å². The standard InChI is InChI=1S/C39H73NO4/c1-3-5-7-9-11-13-15-17-19-21-23-25-27-29-31-33-38(42)40-35-37(41)36-44-39(43)34-32-30-28-26-24-22-20-18-16-14-12-10-8-6-4-2/h11,13,17,19,37,41H,3-10,12,14-16,18,20-36H2,1-2H3,(H,40,42)/b13-11-,19-17-. The Balaban J connectivity index is 3.44. The van der Waals surface area contributed by atoms with Crippen molar-refractivity contribution in [3.8, 4) is 0 Å². The van der Waals surface area contributed by atoms with E-state index in [-0.39, 0.29) is 25.0 Å². The smallest absolute Gasteiger partial charge is 0.305 e. The number of esters is 1. The van der Waals surface area contributed by atoms with E-state index >= 15 is 0 Å². The van der Waals surface area contributed by atoms with Crippen LogP contribution in [-0.2, 0) is 14.3 Å². The number of allylic oxidation sites excluding steroid dienone is 4. The number of unbranched alkanes of at least 4 members (excludes halogenated alkanes) is 22. The lowest BCUT2D eigenvalue weighted by atomic mass is 10.0. The predicted octanol–water partition coefficient (Wildman–Crippen LogP) is 11.1. The zero-order chi connectivity index (χ0) is 32.2. The van der Waals surface area contributed by atoms with Crippen LogP contribution in [0, 0.1) is 0 Å². The molecule has 0 radical (unpaired) electrons. The summed E-state index contributed by atoms with van der Waals surface area (Å²) >= 11 is 0. The van der Waals surface area contributed by atoms with Gasteiger partial charge in [-0.25, -0.2) is 0 Å². The number of rotatable bonds is 34. The molecule has 258 valence electrons. The summed E-state index contributed by atoms with van der Waals surface area (Å²) in [6.45, 7) is 4.58. The molecule has 0 aliphatic heterocycles. The first-order valence-electron chi connectivity index (χ1n) is 19.0. The maximum Gasteiger partial charge on any atom is 0.305 e. The van der Waals surface area contributed by atoms with Crippen molar-refractivity contribution in [2.75, 3.05) is 13.2 Å². The van der Waals surface area contributed by atoms with Gasteiger partial charge < -0.3 is 15.2 Å². The van der Waals surface area contributed by atoms with Gasteiger partial charge in [0, 0.05) is 19.4 Å². The van der Waals surface area contributed by atoms with Crippen LogP contribution in [0.15, 0.2) is 24.3 Å². The molecule has 0 aromatic heterocycles. The van der Waals surface area contributed by atoms with Crippen molar-refractivity contribution in [3.63, 3.8) is 0 Å². The molecule has 1 unspecified atom stereocenters. The molecule has 0 bridgehead atoms. The Kier molecular flexibility index (Phi) is 34.5. The summed E-state index contributed by atoms with van der Waals surface area (Å²) < 4.78 is 5.20. The Morgan fingerprint density at radius 1 is 0.568 bits per heavy atom. The second kappa shape index (κ2) is 35.9. The number of carbonyl (C=O) groups excluding carboxylic acids is 2. The van der Waals surface area contributed by atoms with Crippen LogP contribution >= 0.6 is 0 Å². The van der Waals surface area contributed by atoms with Crippen LogP contribution in [0.25, 0.3) is 0 Å². The Morgan fingerprint density at radius 3 is 1.50 bits per heavy atom. The molecule has 1 atom stereocenters. The van der Waals surface area contributed by atoms with Gasteiger partial charge in [0.1, 0.15) is 12.7 Å². The zero-order valence-electron chi connectivity index (χ0n) is 29.3. The van der Waals surface area contributed by atoms with Crippen molar-refractivity contribution in [3.05, 3.63) is 24.3 Å². The van der Waals surface area contributed by atoms with Gasteiger partial charge in [-0.15, -0.1) is 0 Å². The Bertz CT molecular complexity index is 675. The molecule has 44 heavy (non-hydrogen) atoms. The van der Waals surface area contributed by atoms with E-state index in [2.05, 4.69) is 43.5 Å². The van der Waals surface area contributed by atoms with Crippen molar-refractivity contribution in [1.82, 2.24) is 5.32 Å². The molecule has 0 fully saturated rings. The first-order valence-corrected chi connectivity index (χ1v) is 19.0. The van der Waals surface area contributed by atoms with Crippen LogP contribution in [0.5, 0.6) is 0 Å². The van der Waals surface area contributed by atoms with E-state index in [4.69, 9.17) is 4.74 Å². The molecule has 0 aromatic rings. The topological polar surface area (TPSA) is 75.6 Å². The molecule has 0 heterocycles. The van der Waals surface area contributed by atoms with Crippen LogP contribution < -0.4 is 5.32 Å². The van der Waals surface area contributed by atoms with E-state index in [1.165, 1.54) is 122 Å². The third-order valence-corrected chi connectivity index (χ3v) is 8.31. The maximum absolute atomic E-state index is 12.0. The third-order valence-electron chi connectivity index (χ3n) is 8.31. The summed E-state index contributed by atoms with van der Waals surface area (Å²) in [5.41, 5.74) is 0. The van der Waals surface area contributed by atoms with Crippen LogP contribution in [-0.4, -0.2) is 36.2 Å². The molecule has 1 amide bonds. The Labute approximate surface area is 273 Å². The lowest BCUT2D eigenvalue weighted by Gasteiger charge is -2.12. The fourth-order valence-corrected chi connectivity index (χ4v) is 5.38. The first-order chi connectivity index (χ1) is 21.6. The number of ether oxygens (including phenoxy) is 1. The summed E-state index contributed by atoms with van der Waals surface area (Å²) in [5, 5.41) is 12.8. The summed E-state index contributed by atoms with van der Waals surface area (Å²) in [5.74, 6) is -0.297. The van der Waals surface area contributed by atoms with Crippen molar-refractivity contribution in [2.24, 2.45) is 0 Å². The quantitative estimate of drug-likeness (QED) is 0.0427. The summed E-state index contributed by atoms with van der Waals surface area (Å²) in [7, 11) is 0. The number of aliphatic hydroxyl groups excluding tert-OH is 1.